The molecular formula is C12H16F3N. The Morgan fingerprint density at radius 3 is 2.12 bits per heavy atom. The fraction of sp³-hybridized carbons (Fsp3) is 0.500. The SMILES string of the molecule is CCCCN(C)c1ccc(C(F)(F)F)cc1. The number of rotatable bonds is 4. The van der Waals surface area contributed by atoms with E-state index < -0.39 is 11.7 Å². The second kappa shape index (κ2) is 5.23. The van der Waals surface area contributed by atoms with Crippen LogP contribution >= 0.6 is 0 Å². The van der Waals surface area contributed by atoms with Crippen molar-refractivity contribution in [1.29, 1.82) is 0 Å². The highest BCUT2D eigenvalue weighted by Crippen LogP contribution is 2.30. The van der Waals surface area contributed by atoms with Crippen LogP contribution in [0.1, 0.15) is 25.3 Å². The molecule has 0 radical (unpaired) electrons. The lowest BCUT2D eigenvalue weighted by atomic mass is 10.2. The highest BCUT2D eigenvalue weighted by molar-refractivity contribution is 5.47. The van der Waals surface area contributed by atoms with Crippen LogP contribution in [0.2, 0.25) is 0 Å². The third kappa shape index (κ3) is 3.43. The van der Waals surface area contributed by atoms with Gasteiger partial charge in [0.25, 0.3) is 0 Å². The molecule has 0 saturated carbocycles. The third-order valence-corrected chi connectivity index (χ3v) is 2.48. The standard InChI is InChI=1S/C12H16F3N/c1-3-4-9-16(2)11-7-5-10(6-8-11)12(13,14)15/h5-8H,3-4,9H2,1-2H3. The molecule has 0 spiro atoms. The number of halogens is 3. The van der Waals surface area contributed by atoms with Gasteiger partial charge in [0.1, 0.15) is 0 Å². The van der Waals surface area contributed by atoms with Crippen LogP contribution in [0, 0.1) is 0 Å². The molecular weight excluding hydrogens is 215 g/mol. The average molecular weight is 231 g/mol. The molecule has 1 aromatic carbocycles. The number of benzene rings is 1. The summed E-state index contributed by atoms with van der Waals surface area (Å²) in [5.41, 5.74) is 0.224. The Labute approximate surface area is 93.9 Å². The lowest BCUT2D eigenvalue weighted by Crippen LogP contribution is -2.18. The summed E-state index contributed by atoms with van der Waals surface area (Å²) in [4.78, 5) is 1.96. The molecule has 0 N–H and O–H groups in total. The topological polar surface area (TPSA) is 3.24 Å². The maximum atomic E-state index is 12.3. The molecule has 90 valence electrons. The summed E-state index contributed by atoms with van der Waals surface area (Å²) in [5.74, 6) is 0. The van der Waals surface area contributed by atoms with Crippen LogP contribution in [-0.4, -0.2) is 13.6 Å². The molecule has 0 aromatic heterocycles. The molecule has 0 bridgehead atoms. The van der Waals surface area contributed by atoms with Crippen molar-refractivity contribution in [3.63, 3.8) is 0 Å². The van der Waals surface area contributed by atoms with Gasteiger partial charge in [-0.05, 0) is 30.7 Å². The Balaban J connectivity index is 2.71. The average Bonchev–Trinajstić information content (AvgIpc) is 2.25. The molecule has 1 aromatic rings. The fourth-order valence-corrected chi connectivity index (χ4v) is 1.43. The monoisotopic (exact) mass is 231 g/mol. The molecule has 1 rings (SSSR count). The number of anilines is 1. The van der Waals surface area contributed by atoms with E-state index in [1.165, 1.54) is 12.1 Å². The van der Waals surface area contributed by atoms with E-state index in [0.717, 1.165) is 37.2 Å². The number of nitrogens with zero attached hydrogens (tertiary/aromatic N) is 1. The highest BCUT2D eigenvalue weighted by atomic mass is 19.4. The van der Waals surface area contributed by atoms with Crippen molar-refractivity contribution in [1.82, 2.24) is 0 Å². The molecule has 16 heavy (non-hydrogen) atoms. The van der Waals surface area contributed by atoms with Crippen molar-refractivity contribution < 1.29 is 13.2 Å². The molecule has 0 heterocycles. The van der Waals surface area contributed by atoms with Gasteiger partial charge < -0.3 is 4.90 Å². The molecule has 0 aliphatic heterocycles. The first-order chi connectivity index (χ1) is 7.45. The Bertz CT molecular complexity index is 316. The number of hydrogen-bond acceptors (Lipinski definition) is 1. The first-order valence-corrected chi connectivity index (χ1v) is 5.33. The lowest BCUT2D eigenvalue weighted by Gasteiger charge is -2.19. The van der Waals surface area contributed by atoms with Crippen molar-refractivity contribution in [3.05, 3.63) is 29.8 Å². The van der Waals surface area contributed by atoms with Gasteiger partial charge in [-0.1, -0.05) is 13.3 Å². The molecule has 0 atom stereocenters. The van der Waals surface area contributed by atoms with Gasteiger partial charge in [0, 0.05) is 19.3 Å². The predicted octanol–water partition coefficient (Wildman–Crippen LogP) is 3.94. The summed E-state index contributed by atoms with van der Waals surface area (Å²) >= 11 is 0. The Hall–Kier alpha value is -1.19. The van der Waals surface area contributed by atoms with Crippen LogP contribution < -0.4 is 4.90 Å². The second-order valence-electron chi connectivity index (χ2n) is 3.82. The Morgan fingerprint density at radius 1 is 1.12 bits per heavy atom. The van der Waals surface area contributed by atoms with E-state index in [2.05, 4.69) is 6.92 Å². The van der Waals surface area contributed by atoms with E-state index in [4.69, 9.17) is 0 Å². The molecule has 0 aliphatic carbocycles. The minimum absolute atomic E-state index is 0.597. The summed E-state index contributed by atoms with van der Waals surface area (Å²) < 4.78 is 36.9. The van der Waals surface area contributed by atoms with Gasteiger partial charge in [0.2, 0.25) is 0 Å². The molecule has 0 unspecified atom stereocenters. The van der Waals surface area contributed by atoms with Crippen molar-refractivity contribution in [3.8, 4) is 0 Å². The van der Waals surface area contributed by atoms with Crippen LogP contribution in [0.5, 0.6) is 0 Å². The lowest BCUT2D eigenvalue weighted by molar-refractivity contribution is -0.137. The maximum Gasteiger partial charge on any atom is 0.416 e. The Morgan fingerprint density at radius 2 is 1.69 bits per heavy atom. The zero-order chi connectivity index (χ0) is 12.2. The predicted molar refractivity (Wildman–Crippen MR) is 59.6 cm³/mol. The molecule has 0 aliphatic rings. The van der Waals surface area contributed by atoms with Gasteiger partial charge in [-0.15, -0.1) is 0 Å². The smallest absolute Gasteiger partial charge is 0.375 e. The summed E-state index contributed by atoms with van der Waals surface area (Å²) in [6.45, 7) is 2.95. The summed E-state index contributed by atoms with van der Waals surface area (Å²) in [6, 6.07) is 5.27. The fourth-order valence-electron chi connectivity index (χ4n) is 1.43. The van der Waals surface area contributed by atoms with Crippen molar-refractivity contribution in [2.75, 3.05) is 18.5 Å². The van der Waals surface area contributed by atoms with Crippen LogP contribution in [-0.2, 0) is 6.18 Å². The summed E-state index contributed by atoms with van der Waals surface area (Å²) in [6.07, 6.45) is -2.14. The van der Waals surface area contributed by atoms with Gasteiger partial charge >= 0.3 is 6.18 Å². The van der Waals surface area contributed by atoms with E-state index in [1.54, 1.807) is 0 Å². The van der Waals surface area contributed by atoms with Gasteiger partial charge in [-0.2, -0.15) is 13.2 Å². The van der Waals surface area contributed by atoms with Gasteiger partial charge in [-0.25, -0.2) is 0 Å². The zero-order valence-electron chi connectivity index (χ0n) is 9.51. The van der Waals surface area contributed by atoms with E-state index in [0.29, 0.717) is 0 Å². The van der Waals surface area contributed by atoms with Crippen LogP contribution in [0.3, 0.4) is 0 Å². The number of alkyl halides is 3. The van der Waals surface area contributed by atoms with E-state index in [9.17, 15) is 13.2 Å². The Kier molecular flexibility index (Phi) is 4.21. The second-order valence-corrected chi connectivity index (χ2v) is 3.82. The highest BCUT2D eigenvalue weighted by Gasteiger charge is 2.29. The largest absolute Gasteiger partial charge is 0.416 e. The molecule has 4 heteroatoms. The van der Waals surface area contributed by atoms with E-state index >= 15 is 0 Å². The van der Waals surface area contributed by atoms with Crippen LogP contribution in [0.25, 0.3) is 0 Å². The van der Waals surface area contributed by atoms with Crippen LogP contribution in [0.15, 0.2) is 24.3 Å². The minimum atomic E-state index is -4.25. The summed E-state index contributed by atoms with van der Waals surface area (Å²) in [5, 5.41) is 0. The minimum Gasteiger partial charge on any atom is -0.375 e. The number of hydrogen-bond donors (Lipinski definition) is 0. The summed E-state index contributed by atoms with van der Waals surface area (Å²) in [7, 11) is 1.89. The van der Waals surface area contributed by atoms with Crippen molar-refractivity contribution in [2.45, 2.75) is 25.9 Å². The molecule has 0 fully saturated rings. The quantitative estimate of drug-likeness (QED) is 0.758. The van der Waals surface area contributed by atoms with Gasteiger partial charge in [0.05, 0.1) is 5.56 Å². The van der Waals surface area contributed by atoms with E-state index in [-0.39, 0.29) is 0 Å². The van der Waals surface area contributed by atoms with Crippen molar-refractivity contribution >= 4 is 5.69 Å². The molecule has 1 nitrogen and oxygen atoms in total. The first kappa shape index (κ1) is 12.9. The first-order valence-electron chi connectivity index (χ1n) is 5.33. The number of unbranched alkanes of at least 4 members (excludes halogenated alkanes) is 1. The molecule has 0 saturated heterocycles. The van der Waals surface area contributed by atoms with Crippen LogP contribution in [0.4, 0.5) is 18.9 Å². The zero-order valence-corrected chi connectivity index (χ0v) is 9.51. The maximum absolute atomic E-state index is 12.3. The third-order valence-electron chi connectivity index (χ3n) is 2.48. The van der Waals surface area contributed by atoms with Gasteiger partial charge in [-0.3, -0.25) is 0 Å². The van der Waals surface area contributed by atoms with E-state index in [1.807, 2.05) is 11.9 Å². The van der Waals surface area contributed by atoms with Gasteiger partial charge in [0.15, 0.2) is 0 Å². The normalized spacial score (nSPS) is 11.6. The molecule has 0 amide bonds. The van der Waals surface area contributed by atoms with Crippen molar-refractivity contribution in [2.24, 2.45) is 0 Å².